The van der Waals surface area contributed by atoms with Crippen molar-refractivity contribution in [2.45, 2.75) is 63.9 Å². The Morgan fingerprint density at radius 2 is 1.89 bits per heavy atom. The fourth-order valence-electron chi connectivity index (χ4n) is 5.77. The van der Waals surface area contributed by atoms with E-state index in [2.05, 4.69) is 70.3 Å². The van der Waals surface area contributed by atoms with E-state index >= 15 is 0 Å². The molecule has 6 heteroatoms. The summed E-state index contributed by atoms with van der Waals surface area (Å²) in [6.45, 7) is 9.81. The van der Waals surface area contributed by atoms with Crippen molar-refractivity contribution in [3.63, 3.8) is 0 Å². The van der Waals surface area contributed by atoms with Gasteiger partial charge in [-0.3, -0.25) is 9.80 Å². The number of aliphatic hydroxyl groups excluding tert-OH is 1. The monoisotopic (exact) mass is 492 g/mol. The Labute approximate surface area is 214 Å². The summed E-state index contributed by atoms with van der Waals surface area (Å²) < 4.78 is 0. The van der Waals surface area contributed by atoms with Gasteiger partial charge in [0.25, 0.3) is 0 Å². The normalized spacial score (nSPS) is 20.3. The number of benzene rings is 2. The highest BCUT2D eigenvalue weighted by Crippen LogP contribution is 2.27. The van der Waals surface area contributed by atoms with Gasteiger partial charge in [0, 0.05) is 55.3 Å². The second-order valence-electron chi connectivity index (χ2n) is 10.9. The van der Waals surface area contributed by atoms with Gasteiger partial charge in [-0.1, -0.05) is 54.1 Å². The average molecular weight is 493 g/mol. The maximum Gasteiger partial charge on any atom is 0.134 e. The van der Waals surface area contributed by atoms with Crippen molar-refractivity contribution < 1.29 is 5.11 Å². The third-order valence-corrected chi connectivity index (χ3v) is 7.93. The highest BCUT2D eigenvalue weighted by Gasteiger charge is 2.33. The van der Waals surface area contributed by atoms with Crippen molar-refractivity contribution in [3.05, 3.63) is 76.4 Å². The van der Waals surface area contributed by atoms with Crippen molar-refractivity contribution in [1.29, 1.82) is 0 Å². The Morgan fingerprint density at radius 1 is 1.11 bits per heavy atom. The molecule has 0 bridgehead atoms. The maximum atomic E-state index is 11.2. The second-order valence-corrected chi connectivity index (χ2v) is 11.2. The van der Waals surface area contributed by atoms with E-state index in [4.69, 9.17) is 11.6 Å². The summed E-state index contributed by atoms with van der Waals surface area (Å²) in [5.74, 6) is 0. The van der Waals surface area contributed by atoms with E-state index in [9.17, 15) is 5.11 Å². The number of fused-ring (bicyclic) bond motifs is 2. The van der Waals surface area contributed by atoms with Crippen LogP contribution in [0.2, 0.25) is 5.15 Å². The molecule has 0 saturated carbocycles. The number of pyridine rings is 1. The van der Waals surface area contributed by atoms with Gasteiger partial charge < -0.3 is 10.4 Å². The molecule has 2 aliphatic rings. The van der Waals surface area contributed by atoms with E-state index in [1.54, 1.807) is 0 Å². The highest BCUT2D eigenvalue weighted by atomic mass is 35.5. The molecule has 0 amide bonds. The van der Waals surface area contributed by atoms with E-state index in [0.717, 1.165) is 68.5 Å². The van der Waals surface area contributed by atoms with Gasteiger partial charge in [0.15, 0.2) is 0 Å². The van der Waals surface area contributed by atoms with Crippen molar-refractivity contribution in [2.75, 3.05) is 26.2 Å². The van der Waals surface area contributed by atoms with E-state index in [-0.39, 0.29) is 11.6 Å². The van der Waals surface area contributed by atoms with E-state index in [1.165, 1.54) is 11.1 Å². The molecule has 1 aromatic heterocycles. The molecule has 186 valence electrons. The summed E-state index contributed by atoms with van der Waals surface area (Å²) in [4.78, 5) is 9.48. The molecular weight excluding hydrogens is 456 g/mol. The zero-order valence-corrected chi connectivity index (χ0v) is 21.6. The molecule has 2 unspecified atom stereocenters. The Balaban J connectivity index is 1.17. The molecule has 2 N–H and O–H groups in total. The van der Waals surface area contributed by atoms with Crippen molar-refractivity contribution in [2.24, 2.45) is 0 Å². The van der Waals surface area contributed by atoms with Gasteiger partial charge in [-0.15, -0.1) is 0 Å². The smallest absolute Gasteiger partial charge is 0.134 e. The number of hydrogen-bond acceptors (Lipinski definition) is 5. The van der Waals surface area contributed by atoms with E-state index < -0.39 is 6.10 Å². The zero-order valence-electron chi connectivity index (χ0n) is 20.9. The van der Waals surface area contributed by atoms with Crippen molar-refractivity contribution in [3.8, 4) is 0 Å². The molecule has 0 radical (unpaired) electrons. The van der Waals surface area contributed by atoms with Crippen LogP contribution in [-0.4, -0.2) is 63.8 Å². The lowest BCUT2D eigenvalue weighted by Crippen LogP contribution is -2.54. The van der Waals surface area contributed by atoms with Crippen LogP contribution in [0.15, 0.2) is 54.6 Å². The standard InChI is InChI=1S/C29H37ClN4O/c1-29(2,20-33-15-13-21-8-3-4-10-23(21)18-33)31-17-27(35)26-12-7-14-34(26)19-24-16-22-9-5-6-11-25(22)32-28(24)30/h3-6,8-11,16,26-27,31,35H,7,12-15,17-20H2,1-2H3. The van der Waals surface area contributed by atoms with Crippen LogP contribution in [0.5, 0.6) is 0 Å². The summed E-state index contributed by atoms with van der Waals surface area (Å²) in [7, 11) is 0. The predicted octanol–water partition coefficient (Wildman–Crippen LogP) is 4.64. The highest BCUT2D eigenvalue weighted by molar-refractivity contribution is 6.30. The van der Waals surface area contributed by atoms with Gasteiger partial charge in [0.05, 0.1) is 11.6 Å². The lowest BCUT2D eigenvalue weighted by Gasteiger charge is -2.38. The number of aromatic nitrogens is 1. The summed E-state index contributed by atoms with van der Waals surface area (Å²) in [5.41, 5.74) is 4.79. The fraction of sp³-hybridized carbons (Fsp3) is 0.483. The molecule has 35 heavy (non-hydrogen) atoms. The van der Waals surface area contributed by atoms with Gasteiger partial charge in [-0.2, -0.15) is 0 Å². The molecule has 5 nitrogen and oxygen atoms in total. The molecule has 1 fully saturated rings. The van der Waals surface area contributed by atoms with Gasteiger partial charge in [-0.05, 0) is 62.9 Å². The topological polar surface area (TPSA) is 51.6 Å². The molecule has 3 heterocycles. The Hall–Kier alpha value is -2.02. The molecular formula is C29H37ClN4O. The SMILES string of the molecule is CC(C)(CN1CCc2ccccc2C1)NCC(O)C1CCCN1Cc1cc2ccccc2nc1Cl. The lowest BCUT2D eigenvalue weighted by molar-refractivity contribution is 0.0599. The Kier molecular flexibility index (Phi) is 7.42. The van der Waals surface area contributed by atoms with Gasteiger partial charge in [0.1, 0.15) is 5.15 Å². The number of para-hydroxylation sites is 1. The lowest BCUT2D eigenvalue weighted by atomic mass is 9.97. The molecule has 0 spiro atoms. The first kappa shape index (κ1) is 24.7. The van der Waals surface area contributed by atoms with Gasteiger partial charge in [0.2, 0.25) is 0 Å². The van der Waals surface area contributed by atoms with Crippen LogP contribution in [0.25, 0.3) is 10.9 Å². The van der Waals surface area contributed by atoms with Crippen LogP contribution < -0.4 is 5.32 Å². The summed E-state index contributed by atoms with van der Waals surface area (Å²) in [6.07, 6.45) is 2.78. The van der Waals surface area contributed by atoms with Crippen LogP contribution in [0.1, 0.15) is 43.4 Å². The minimum Gasteiger partial charge on any atom is -0.390 e. The quantitative estimate of drug-likeness (QED) is 0.449. The third-order valence-electron chi connectivity index (χ3n) is 7.60. The number of halogens is 1. The molecule has 3 aromatic rings. The number of nitrogens with zero attached hydrogens (tertiary/aromatic N) is 3. The predicted molar refractivity (Wildman–Crippen MR) is 144 cm³/mol. The molecule has 2 aromatic carbocycles. The largest absolute Gasteiger partial charge is 0.390 e. The van der Waals surface area contributed by atoms with Crippen molar-refractivity contribution in [1.82, 2.24) is 20.1 Å². The molecule has 2 aliphatic heterocycles. The molecule has 2 atom stereocenters. The molecule has 0 aliphatic carbocycles. The first-order valence-corrected chi connectivity index (χ1v) is 13.3. The fourth-order valence-corrected chi connectivity index (χ4v) is 5.98. The van der Waals surface area contributed by atoms with Gasteiger partial charge >= 0.3 is 0 Å². The summed E-state index contributed by atoms with van der Waals surface area (Å²) in [5, 5.41) is 16.5. The minimum atomic E-state index is -0.425. The number of rotatable bonds is 8. The Morgan fingerprint density at radius 3 is 2.74 bits per heavy atom. The summed E-state index contributed by atoms with van der Waals surface area (Å²) in [6, 6.07) is 19.1. The second kappa shape index (κ2) is 10.5. The van der Waals surface area contributed by atoms with Gasteiger partial charge in [-0.25, -0.2) is 4.98 Å². The summed E-state index contributed by atoms with van der Waals surface area (Å²) >= 11 is 6.54. The first-order valence-electron chi connectivity index (χ1n) is 12.9. The zero-order chi connectivity index (χ0) is 24.4. The van der Waals surface area contributed by atoms with Crippen LogP contribution in [0, 0.1) is 0 Å². The van der Waals surface area contributed by atoms with Crippen LogP contribution >= 0.6 is 11.6 Å². The average Bonchev–Trinajstić information content (AvgIpc) is 3.31. The molecule has 1 saturated heterocycles. The van der Waals surface area contributed by atoms with E-state index in [0.29, 0.717) is 11.7 Å². The number of aliphatic hydroxyl groups is 1. The maximum absolute atomic E-state index is 11.2. The molecule has 5 rings (SSSR count). The number of nitrogens with one attached hydrogen (secondary N) is 1. The third kappa shape index (κ3) is 5.87. The van der Waals surface area contributed by atoms with Crippen LogP contribution in [0.4, 0.5) is 0 Å². The number of hydrogen-bond donors (Lipinski definition) is 2. The van der Waals surface area contributed by atoms with Crippen LogP contribution in [0.3, 0.4) is 0 Å². The number of likely N-dealkylation sites (tertiary alicyclic amines) is 1. The van der Waals surface area contributed by atoms with Crippen molar-refractivity contribution >= 4 is 22.5 Å². The first-order chi connectivity index (χ1) is 16.9. The number of β-amino-alcohol motifs (C(OH)–C–C–N with tert-alkyl or cyclic N) is 1. The van der Waals surface area contributed by atoms with Crippen LogP contribution in [-0.2, 0) is 19.5 Å². The minimum absolute atomic E-state index is 0.0811. The Bertz CT molecular complexity index is 1170. The van der Waals surface area contributed by atoms with E-state index in [1.807, 2.05) is 18.2 Å².